The molecule has 14 heavy (non-hydrogen) atoms. The van der Waals surface area contributed by atoms with Gasteiger partial charge in [-0.2, -0.15) is 0 Å². The number of hydrogen-bond donors (Lipinski definition) is 2. The van der Waals surface area contributed by atoms with Gasteiger partial charge in [0.15, 0.2) is 0 Å². The van der Waals surface area contributed by atoms with Crippen molar-refractivity contribution in [3.05, 3.63) is 33.3 Å². The third-order valence-corrected chi connectivity index (χ3v) is 3.21. The molecule has 0 saturated heterocycles. The van der Waals surface area contributed by atoms with Crippen molar-refractivity contribution < 1.29 is 10.2 Å². The van der Waals surface area contributed by atoms with Gasteiger partial charge in [-0.05, 0) is 43.5 Å². The summed E-state index contributed by atoms with van der Waals surface area (Å²) in [7, 11) is 0. The van der Waals surface area contributed by atoms with Gasteiger partial charge in [0.1, 0.15) is 0 Å². The van der Waals surface area contributed by atoms with E-state index in [1.165, 1.54) is 0 Å². The van der Waals surface area contributed by atoms with Crippen LogP contribution in [0, 0.1) is 6.92 Å². The third kappa shape index (κ3) is 2.16. The van der Waals surface area contributed by atoms with Crippen LogP contribution < -0.4 is 0 Å². The van der Waals surface area contributed by atoms with Crippen LogP contribution in [0.15, 0.2) is 16.6 Å². The van der Waals surface area contributed by atoms with Crippen LogP contribution in [0.4, 0.5) is 0 Å². The van der Waals surface area contributed by atoms with Crippen LogP contribution in [0.25, 0.3) is 0 Å². The van der Waals surface area contributed by atoms with E-state index in [1.807, 2.05) is 19.1 Å². The minimum absolute atomic E-state index is 0.0510. The lowest BCUT2D eigenvalue weighted by molar-refractivity contribution is 0.0758. The zero-order chi connectivity index (χ0) is 10.9. The van der Waals surface area contributed by atoms with Crippen molar-refractivity contribution in [2.24, 2.45) is 0 Å². The van der Waals surface area contributed by atoms with Crippen molar-refractivity contribution >= 4 is 15.9 Å². The van der Waals surface area contributed by atoms with Crippen molar-refractivity contribution in [3.8, 4) is 0 Å². The molecule has 0 atom stereocenters. The molecule has 0 aromatic heterocycles. The maximum Gasteiger partial charge on any atom is 0.0844 e. The Morgan fingerprint density at radius 2 is 1.93 bits per heavy atom. The van der Waals surface area contributed by atoms with E-state index >= 15 is 0 Å². The molecule has 0 fully saturated rings. The fourth-order valence-corrected chi connectivity index (χ4v) is 1.88. The molecule has 2 N–H and O–H groups in total. The number of aliphatic hydroxyl groups excluding tert-OH is 1. The van der Waals surface area contributed by atoms with Crippen LogP contribution in [0.2, 0.25) is 0 Å². The largest absolute Gasteiger partial charge is 0.392 e. The summed E-state index contributed by atoms with van der Waals surface area (Å²) < 4.78 is 0.953. The Hall–Kier alpha value is -0.380. The average Bonchev–Trinajstić information content (AvgIpc) is 2.07. The monoisotopic (exact) mass is 258 g/mol. The van der Waals surface area contributed by atoms with Crippen molar-refractivity contribution in [1.29, 1.82) is 0 Å². The Bertz CT molecular complexity index is 340. The topological polar surface area (TPSA) is 40.5 Å². The van der Waals surface area contributed by atoms with Gasteiger partial charge < -0.3 is 10.2 Å². The van der Waals surface area contributed by atoms with Crippen LogP contribution in [0.1, 0.15) is 30.5 Å². The molecule has 2 nitrogen and oxygen atoms in total. The molecule has 0 spiro atoms. The molecule has 0 aliphatic heterocycles. The van der Waals surface area contributed by atoms with E-state index in [2.05, 4.69) is 15.9 Å². The highest BCUT2D eigenvalue weighted by Crippen LogP contribution is 2.30. The lowest BCUT2D eigenvalue weighted by Gasteiger charge is -2.22. The second kappa shape index (κ2) is 4.01. The molecule has 1 rings (SSSR count). The zero-order valence-corrected chi connectivity index (χ0v) is 10.2. The average molecular weight is 259 g/mol. The van der Waals surface area contributed by atoms with Gasteiger partial charge in [0.25, 0.3) is 0 Å². The summed E-state index contributed by atoms with van der Waals surface area (Å²) in [6.45, 7) is 5.30. The molecule has 78 valence electrons. The molecule has 0 aliphatic carbocycles. The van der Waals surface area contributed by atoms with E-state index < -0.39 is 5.60 Å². The van der Waals surface area contributed by atoms with Gasteiger partial charge in [-0.1, -0.05) is 22.0 Å². The smallest absolute Gasteiger partial charge is 0.0844 e. The van der Waals surface area contributed by atoms with Gasteiger partial charge in [-0.25, -0.2) is 0 Å². The highest BCUT2D eigenvalue weighted by molar-refractivity contribution is 9.10. The molecule has 0 bridgehead atoms. The maximum atomic E-state index is 9.89. The molecule has 0 radical (unpaired) electrons. The summed E-state index contributed by atoms with van der Waals surface area (Å²) in [6.07, 6.45) is 0. The van der Waals surface area contributed by atoms with Crippen LogP contribution in [-0.2, 0) is 12.2 Å². The third-order valence-electron chi connectivity index (χ3n) is 2.35. The van der Waals surface area contributed by atoms with Crippen molar-refractivity contribution in [1.82, 2.24) is 0 Å². The van der Waals surface area contributed by atoms with Gasteiger partial charge in [0.2, 0.25) is 0 Å². The minimum Gasteiger partial charge on any atom is -0.392 e. The van der Waals surface area contributed by atoms with Crippen molar-refractivity contribution in [3.63, 3.8) is 0 Å². The number of hydrogen-bond acceptors (Lipinski definition) is 2. The lowest BCUT2D eigenvalue weighted by atomic mass is 9.91. The van der Waals surface area contributed by atoms with Crippen LogP contribution in [-0.4, -0.2) is 10.2 Å². The second-order valence-corrected chi connectivity index (χ2v) is 4.77. The summed E-state index contributed by atoms with van der Waals surface area (Å²) in [6, 6.07) is 3.73. The minimum atomic E-state index is -0.913. The molecule has 1 aromatic carbocycles. The van der Waals surface area contributed by atoms with E-state index in [4.69, 9.17) is 0 Å². The van der Waals surface area contributed by atoms with E-state index in [0.717, 1.165) is 21.2 Å². The Kier molecular flexibility index (Phi) is 3.35. The predicted octanol–water partition coefficient (Wildman–Crippen LogP) is 2.48. The first-order valence-electron chi connectivity index (χ1n) is 4.49. The van der Waals surface area contributed by atoms with Crippen LogP contribution in [0.3, 0.4) is 0 Å². The second-order valence-electron chi connectivity index (χ2n) is 3.92. The Morgan fingerprint density at radius 1 is 1.36 bits per heavy atom. The molecular formula is C11H15BrO2. The predicted molar refractivity (Wildman–Crippen MR) is 60.0 cm³/mol. The normalized spacial score (nSPS) is 11.9. The number of halogens is 1. The molecule has 0 amide bonds. The molecule has 0 unspecified atom stereocenters. The maximum absolute atomic E-state index is 9.89. The summed E-state index contributed by atoms with van der Waals surface area (Å²) >= 11 is 3.40. The van der Waals surface area contributed by atoms with E-state index in [0.29, 0.717) is 0 Å². The van der Waals surface area contributed by atoms with Gasteiger partial charge >= 0.3 is 0 Å². The number of rotatable bonds is 2. The highest BCUT2D eigenvalue weighted by atomic mass is 79.9. The molecular weight excluding hydrogens is 244 g/mol. The van der Waals surface area contributed by atoms with Gasteiger partial charge in [-0.15, -0.1) is 0 Å². The highest BCUT2D eigenvalue weighted by Gasteiger charge is 2.21. The Morgan fingerprint density at radius 3 is 2.36 bits per heavy atom. The van der Waals surface area contributed by atoms with Gasteiger partial charge in [-0.3, -0.25) is 0 Å². The van der Waals surface area contributed by atoms with E-state index in [-0.39, 0.29) is 6.61 Å². The SMILES string of the molecule is Cc1c(Br)ccc(C(C)(C)O)c1CO. The lowest BCUT2D eigenvalue weighted by Crippen LogP contribution is -2.18. The molecule has 0 aliphatic rings. The first kappa shape index (κ1) is 11.7. The summed E-state index contributed by atoms with van der Waals surface area (Å²) in [5, 5.41) is 19.1. The number of aliphatic hydroxyl groups is 2. The quantitative estimate of drug-likeness (QED) is 0.856. The van der Waals surface area contributed by atoms with Crippen molar-refractivity contribution in [2.45, 2.75) is 33.0 Å². The van der Waals surface area contributed by atoms with Crippen molar-refractivity contribution in [2.75, 3.05) is 0 Å². The van der Waals surface area contributed by atoms with E-state index in [1.54, 1.807) is 13.8 Å². The van der Waals surface area contributed by atoms with Gasteiger partial charge in [0.05, 0.1) is 12.2 Å². The fraction of sp³-hybridized carbons (Fsp3) is 0.455. The Labute approximate surface area is 92.7 Å². The first-order valence-corrected chi connectivity index (χ1v) is 5.29. The molecule has 1 aromatic rings. The summed E-state index contributed by atoms with van der Waals surface area (Å²) in [5.74, 6) is 0. The molecule has 0 heterocycles. The molecule has 0 saturated carbocycles. The zero-order valence-electron chi connectivity index (χ0n) is 8.63. The number of benzene rings is 1. The first-order chi connectivity index (χ1) is 6.38. The summed E-state index contributed by atoms with van der Waals surface area (Å²) in [4.78, 5) is 0. The Balaban J connectivity index is 3.39. The van der Waals surface area contributed by atoms with Crippen LogP contribution >= 0.6 is 15.9 Å². The summed E-state index contributed by atoms with van der Waals surface area (Å²) in [5.41, 5.74) is 1.64. The fourth-order valence-electron chi connectivity index (χ4n) is 1.51. The standard InChI is InChI=1S/C11H15BrO2/c1-7-8(6-13)9(11(2,3)14)4-5-10(7)12/h4-5,13-14H,6H2,1-3H3. The molecule has 3 heteroatoms. The van der Waals surface area contributed by atoms with Crippen LogP contribution in [0.5, 0.6) is 0 Å². The van der Waals surface area contributed by atoms with Gasteiger partial charge in [0, 0.05) is 4.47 Å². The van der Waals surface area contributed by atoms with E-state index in [9.17, 15) is 10.2 Å².